The van der Waals surface area contributed by atoms with E-state index in [-0.39, 0.29) is 86.3 Å². The number of hydrogen-bond acceptors (Lipinski definition) is 19. The van der Waals surface area contributed by atoms with Crippen molar-refractivity contribution in [1.82, 2.24) is 46.8 Å². The minimum Gasteiger partial charge on any atom is -0.458 e. The molecule has 1 aliphatic carbocycles. The number of fused-ring (bicyclic) bond motifs is 5. The number of alkyl halides is 1. The average molecular weight is 1190 g/mol. The van der Waals surface area contributed by atoms with Crippen LogP contribution >= 0.6 is 0 Å². The zero-order valence-electron chi connectivity index (χ0n) is 46.6. The lowest BCUT2D eigenvalue weighted by molar-refractivity contribution is -0.227. The number of halogens is 2. The molecule has 1 unspecified atom stereocenters. The van der Waals surface area contributed by atoms with Crippen molar-refractivity contribution >= 4 is 58.2 Å². The van der Waals surface area contributed by atoms with Crippen molar-refractivity contribution in [1.29, 1.82) is 0 Å². The molecule has 14 N–H and O–H groups in total. The second kappa shape index (κ2) is 26.6. The van der Waals surface area contributed by atoms with Crippen molar-refractivity contribution in [3.05, 3.63) is 97.6 Å². The molecule has 27 nitrogen and oxygen atoms in total. The number of aliphatic hydroxyl groups excluding tert-OH is 4. The van der Waals surface area contributed by atoms with Gasteiger partial charge >= 0.3 is 5.97 Å². The fourth-order valence-corrected chi connectivity index (χ4v) is 10.7. The lowest BCUT2D eigenvalue weighted by Crippen LogP contribution is -2.60. The second-order valence-electron chi connectivity index (χ2n) is 21.5. The van der Waals surface area contributed by atoms with Gasteiger partial charge < -0.3 is 87.3 Å². The van der Waals surface area contributed by atoms with Crippen LogP contribution in [0.25, 0.3) is 22.3 Å². The summed E-state index contributed by atoms with van der Waals surface area (Å²) in [5, 5.41) is 68.4. The molecule has 0 radical (unpaired) electrons. The molecule has 85 heavy (non-hydrogen) atoms. The number of nitrogens with one attached hydrogen (secondary N) is 7. The zero-order chi connectivity index (χ0) is 61.7. The van der Waals surface area contributed by atoms with Crippen LogP contribution in [0.4, 0.5) is 8.78 Å². The molecule has 7 amide bonds. The van der Waals surface area contributed by atoms with Gasteiger partial charge in [-0.1, -0.05) is 37.3 Å². The van der Waals surface area contributed by atoms with Gasteiger partial charge in [-0.05, 0) is 67.9 Å². The van der Waals surface area contributed by atoms with Gasteiger partial charge in [-0.25, -0.2) is 18.6 Å². The van der Waals surface area contributed by atoms with Crippen molar-refractivity contribution in [3.63, 3.8) is 0 Å². The third-order valence-electron chi connectivity index (χ3n) is 15.6. The molecule has 4 aliphatic rings. The third-order valence-corrected chi connectivity index (χ3v) is 15.6. The van der Waals surface area contributed by atoms with Crippen molar-refractivity contribution in [3.8, 4) is 11.4 Å². The van der Waals surface area contributed by atoms with Crippen LogP contribution in [-0.4, -0.2) is 177 Å². The van der Waals surface area contributed by atoms with Crippen molar-refractivity contribution < 1.29 is 86.9 Å². The van der Waals surface area contributed by atoms with E-state index in [0.717, 1.165) is 6.92 Å². The predicted molar refractivity (Wildman–Crippen MR) is 292 cm³/mol. The monoisotopic (exact) mass is 1190 g/mol. The Morgan fingerprint density at radius 1 is 0.894 bits per heavy atom. The number of aryl methyl sites for hydroxylation is 1. The molecule has 5 heterocycles. The Labute approximate surface area is 483 Å². The van der Waals surface area contributed by atoms with Gasteiger partial charge in [-0.15, -0.1) is 0 Å². The van der Waals surface area contributed by atoms with Crippen molar-refractivity contribution in [2.24, 2.45) is 5.73 Å². The van der Waals surface area contributed by atoms with Gasteiger partial charge in [-0.2, -0.15) is 0 Å². The van der Waals surface area contributed by atoms with Crippen LogP contribution < -0.4 is 48.5 Å². The van der Waals surface area contributed by atoms with Gasteiger partial charge in [-0.3, -0.25) is 38.4 Å². The molecular weight excluding hydrogens is 1120 g/mol. The summed E-state index contributed by atoms with van der Waals surface area (Å²) in [7, 11) is 0. The van der Waals surface area contributed by atoms with E-state index in [2.05, 4.69) is 37.2 Å². The number of cyclic esters (lactones) is 1. The lowest BCUT2D eigenvalue weighted by atomic mass is 9.81. The van der Waals surface area contributed by atoms with E-state index in [1.54, 1.807) is 44.2 Å². The van der Waals surface area contributed by atoms with Gasteiger partial charge in [0.2, 0.25) is 41.1 Å². The topological polar surface area (TPSA) is 411 Å². The maximum Gasteiger partial charge on any atom is 0.343 e. The van der Waals surface area contributed by atoms with Gasteiger partial charge in [0.1, 0.15) is 55.7 Å². The smallest absolute Gasteiger partial charge is 0.343 e. The molecule has 8 rings (SSSR count). The van der Waals surface area contributed by atoms with E-state index in [0.29, 0.717) is 33.2 Å². The van der Waals surface area contributed by atoms with Crippen LogP contribution in [0.5, 0.6) is 0 Å². The molecule has 2 aromatic heterocycles. The molecule has 458 valence electrons. The first-order valence-electron chi connectivity index (χ1n) is 27.5. The van der Waals surface area contributed by atoms with Gasteiger partial charge in [0.15, 0.2) is 5.60 Å². The Hall–Kier alpha value is -7.90. The number of carbonyl (C=O) groups excluding carboxylic acids is 8. The fourth-order valence-electron chi connectivity index (χ4n) is 10.7. The van der Waals surface area contributed by atoms with Crippen LogP contribution in [0, 0.1) is 12.7 Å². The average Bonchev–Trinajstić information content (AvgIpc) is 1.67. The Morgan fingerprint density at radius 3 is 2.28 bits per heavy atom. The van der Waals surface area contributed by atoms with Crippen LogP contribution in [0.1, 0.15) is 84.5 Å². The number of ether oxygens (including phenoxy) is 3. The number of aromatic nitrogens is 2. The summed E-state index contributed by atoms with van der Waals surface area (Å²) in [5.74, 6) is -7.17. The molecule has 4 aromatic rings. The molecule has 3 aliphatic heterocycles. The van der Waals surface area contributed by atoms with Crippen LogP contribution in [0.15, 0.2) is 47.3 Å². The summed E-state index contributed by atoms with van der Waals surface area (Å²) in [5.41, 5.74) is 4.06. The normalized spacial score (nSPS) is 22.5. The Bertz CT molecular complexity index is 3330. The molecule has 1 saturated heterocycles. The quantitative estimate of drug-likeness (QED) is 0.0163. The van der Waals surface area contributed by atoms with Crippen LogP contribution in [0.3, 0.4) is 0 Å². The van der Waals surface area contributed by atoms with Crippen molar-refractivity contribution in [2.45, 2.75) is 132 Å². The van der Waals surface area contributed by atoms with E-state index >= 15 is 8.78 Å². The van der Waals surface area contributed by atoms with Crippen molar-refractivity contribution in [2.75, 3.05) is 46.1 Å². The zero-order valence-corrected chi connectivity index (χ0v) is 46.6. The highest BCUT2D eigenvalue weighted by molar-refractivity contribution is 5.96. The van der Waals surface area contributed by atoms with Gasteiger partial charge in [0.25, 0.3) is 11.5 Å². The SMILES string of the molecule is CC[C@@]1(O)C(=O)OCc2c1cc1n(c2=O)Cc2c-1nc1cc(F)c(C)c3c1c2[C@@H](NC(=O)C(C)(F)COCNC(=O)CNC(=O)[C@H](Cc1ccccc1)NC(=O)CNC(=O)CNC(=O)[C@@H](N)CCC(=O)NC[C@@H]1O[C@H](CO)[C@@H](O)[C@H](O)[C@H]1O)CC3. The highest BCUT2D eigenvalue weighted by Crippen LogP contribution is 2.46. The molecular formula is C56H68F2N10O17. The number of rotatable bonds is 24. The molecule has 29 heteroatoms. The number of benzene rings is 2. The predicted octanol–water partition coefficient (Wildman–Crippen LogP) is -3.41. The molecule has 1 fully saturated rings. The highest BCUT2D eigenvalue weighted by atomic mass is 19.1. The largest absolute Gasteiger partial charge is 0.458 e. The first-order chi connectivity index (χ1) is 40.4. The maximum atomic E-state index is 16.3. The number of esters is 1. The van der Waals surface area contributed by atoms with Gasteiger partial charge in [0.05, 0.1) is 73.9 Å². The third kappa shape index (κ3) is 13.8. The van der Waals surface area contributed by atoms with Crippen LogP contribution in [-0.2, 0) is 84.2 Å². The van der Waals surface area contributed by atoms with E-state index in [4.69, 9.17) is 24.9 Å². The summed E-state index contributed by atoms with van der Waals surface area (Å²) in [6.45, 7) is -0.549. The first-order valence-corrected chi connectivity index (χ1v) is 27.5. The summed E-state index contributed by atoms with van der Waals surface area (Å²) in [4.78, 5) is 122. The Balaban J connectivity index is 0.792. The minimum atomic E-state index is -2.69. The van der Waals surface area contributed by atoms with E-state index < -0.39 is 158 Å². The summed E-state index contributed by atoms with van der Waals surface area (Å²) in [6.07, 6.45) is -7.19. The molecule has 2 aromatic carbocycles. The number of amides is 7. The Morgan fingerprint density at radius 2 is 1.58 bits per heavy atom. The second-order valence-corrected chi connectivity index (χ2v) is 21.5. The fraction of sp³-hybridized carbons (Fsp3) is 0.500. The van der Waals surface area contributed by atoms with E-state index in [9.17, 15) is 68.7 Å². The highest BCUT2D eigenvalue weighted by Gasteiger charge is 2.47. The van der Waals surface area contributed by atoms with E-state index in [1.165, 1.54) is 16.7 Å². The first kappa shape index (κ1) is 63.1. The molecule has 10 atom stereocenters. The number of pyridine rings is 2. The van der Waals surface area contributed by atoms with Crippen LogP contribution in [0.2, 0.25) is 0 Å². The molecule has 0 bridgehead atoms. The number of nitrogens with zero attached hydrogens (tertiary/aromatic N) is 2. The minimum absolute atomic E-state index is 0.0449. The molecule has 0 saturated carbocycles. The number of hydrogen-bond donors (Lipinski definition) is 13. The summed E-state index contributed by atoms with van der Waals surface area (Å²) < 4.78 is 49.1. The summed E-state index contributed by atoms with van der Waals surface area (Å²) in [6, 6.07) is 7.87. The molecule has 0 spiro atoms. The Kier molecular flexibility index (Phi) is 19.7. The number of aliphatic hydroxyl groups is 5. The van der Waals surface area contributed by atoms with E-state index in [1.807, 2.05) is 0 Å². The summed E-state index contributed by atoms with van der Waals surface area (Å²) >= 11 is 0. The number of carbonyl (C=O) groups is 8. The standard InChI is InChI=1S/C56H68F2N10O17/c1-4-56(82)31-15-37-46-29(21-68(37)52(79)30(31)23-84-54(56)81)45-34(12-10-28-26(2)32(57)16-35(66-46)44(28)45)67-53(80)55(3,58)24-83-25-64-42(72)19-63-51(78)36(14-27-8-6-5-7-9-27)65-43(73)20-61-41(71)18-62-50(77)33(59)11-13-40(70)60-17-38-47(74)49(76)48(75)39(22-69)85-38/h5-9,15-16,33-34,36,38-39,47-49,69,74-76,82H,4,10-14,17-25,59H2,1-3H3,(H,60,70)(H,61,71)(H,62,77)(H,63,78)(H,64,72)(H,65,73)(H,67,80)/t33-,34-,36-,38-,39+,47-,48+,49+,55?,56-/m0/s1. The maximum absolute atomic E-state index is 16.3. The van der Waals surface area contributed by atoms with Gasteiger partial charge in [0, 0.05) is 42.0 Å². The lowest BCUT2D eigenvalue weighted by Gasteiger charge is -2.40. The number of nitrogens with two attached hydrogens (primary N) is 1.